The van der Waals surface area contributed by atoms with Gasteiger partial charge in [0.25, 0.3) is 0 Å². The van der Waals surface area contributed by atoms with E-state index >= 15 is 0 Å². The molecule has 0 radical (unpaired) electrons. The zero-order valence-electron chi connectivity index (χ0n) is 27.4. The Labute approximate surface area is 270 Å². The van der Waals surface area contributed by atoms with Crippen molar-refractivity contribution in [1.82, 2.24) is 14.3 Å². The molecule has 0 saturated carbocycles. The van der Waals surface area contributed by atoms with Crippen LogP contribution >= 0.6 is 12.8 Å². The van der Waals surface area contributed by atoms with Gasteiger partial charge in [0.05, 0.1) is 5.69 Å². The molecule has 3 aromatic carbocycles. The van der Waals surface area contributed by atoms with E-state index in [1.54, 1.807) is 0 Å². The summed E-state index contributed by atoms with van der Waals surface area (Å²) < 4.78 is 5.20. The fourth-order valence-electron chi connectivity index (χ4n) is 5.14. The molecule has 1 aromatic heterocycles. The number of aromatic nitrogens is 2. The highest BCUT2D eigenvalue weighted by Crippen LogP contribution is 2.27. The minimum atomic E-state index is 0.150. The van der Waals surface area contributed by atoms with Crippen molar-refractivity contribution in [3.8, 4) is 16.8 Å². The van der Waals surface area contributed by atoms with Crippen molar-refractivity contribution >= 4 is 24.1 Å². The molecule has 4 aromatic rings. The monoisotopic (exact) mass is 604 g/mol. The fraction of sp³-hybridized carbons (Fsp3) is 0.308. The maximum Gasteiger partial charge on any atom is 0.118 e. The third-order valence-corrected chi connectivity index (χ3v) is 8.14. The van der Waals surface area contributed by atoms with Crippen LogP contribution < -0.4 is 10.0 Å². The third kappa shape index (κ3) is 8.87. The normalized spacial score (nSPS) is 13.5. The Morgan fingerprint density at radius 3 is 2.11 bits per heavy atom. The summed E-state index contributed by atoms with van der Waals surface area (Å²) in [5.41, 5.74) is 10.7. The average molecular weight is 605 g/mol. The first-order valence-electron chi connectivity index (χ1n) is 15.6. The number of imidazole rings is 1. The average Bonchev–Trinajstić information content (AvgIpc) is 3.44. The summed E-state index contributed by atoms with van der Waals surface area (Å²) >= 11 is 4.18. The molecule has 0 saturated heterocycles. The number of rotatable bonds is 12. The predicted molar refractivity (Wildman–Crippen MR) is 194 cm³/mol. The van der Waals surface area contributed by atoms with Gasteiger partial charge >= 0.3 is 0 Å². The summed E-state index contributed by atoms with van der Waals surface area (Å²) in [5.74, 6) is 1.01. The van der Waals surface area contributed by atoms with E-state index in [0.717, 1.165) is 47.9 Å². The quantitative estimate of drug-likeness (QED) is 0.111. The second kappa shape index (κ2) is 15.3. The molecule has 1 heterocycles. The number of thiol groups is 1. The molecule has 4 nitrogen and oxygen atoms in total. The van der Waals surface area contributed by atoms with Crippen LogP contribution in [-0.4, -0.2) is 22.1 Å². The van der Waals surface area contributed by atoms with Gasteiger partial charge in [0, 0.05) is 36.6 Å². The highest BCUT2D eigenvalue weighted by molar-refractivity contribution is 7.78. The highest BCUT2D eigenvalue weighted by atomic mass is 32.1. The van der Waals surface area contributed by atoms with Gasteiger partial charge in [0.1, 0.15) is 5.82 Å². The first-order chi connectivity index (χ1) is 21.1. The number of anilines is 1. The summed E-state index contributed by atoms with van der Waals surface area (Å²) in [5, 5.41) is 3.60. The van der Waals surface area contributed by atoms with Gasteiger partial charge in [0.15, 0.2) is 0 Å². The van der Waals surface area contributed by atoms with Gasteiger partial charge in [-0.05, 0) is 84.7 Å². The van der Waals surface area contributed by atoms with E-state index < -0.39 is 0 Å². The molecule has 0 spiro atoms. The molecule has 2 N–H and O–H groups in total. The van der Waals surface area contributed by atoms with E-state index in [-0.39, 0.29) is 5.41 Å². The van der Waals surface area contributed by atoms with Gasteiger partial charge in [-0.3, -0.25) is 4.72 Å². The number of hydrogen-bond acceptors (Lipinski definition) is 4. The lowest BCUT2D eigenvalue weighted by atomic mass is 9.86. The van der Waals surface area contributed by atoms with Crippen LogP contribution in [0, 0.1) is 0 Å². The standard InChI is InChI=1S/C39H48N4S/c1-8-10-28(3)11-12-29(4)37-27-43(36-23-21-35(22-24-36)41-34(9-2)26-40-44)38(42-37)25-30-13-15-31(16-14-30)32-17-19-33(20-18-32)39(5,6)7/h8,10-24,27,34,40-41,44H,9,25-26H2,1-7H3/b10-8+,28-11-,29-12+. The lowest BCUT2D eigenvalue weighted by Gasteiger charge is -2.19. The van der Waals surface area contributed by atoms with Crippen molar-refractivity contribution in [3.63, 3.8) is 0 Å². The van der Waals surface area contributed by atoms with Gasteiger partial charge in [0.2, 0.25) is 0 Å². The first-order valence-corrected chi connectivity index (χ1v) is 16.1. The Balaban J connectivity index is 1.62. The van der Waals surface area contributed by atoms with Crippen molar-refractivity contribution in [2.45, 2.75) is 72.8 Å². The molecular formula is C39H48N4S. The van der Waals surface area contributed by atoms with E-state index in [4.69, 9.17) is 4.98 Å². The number of nitrogens with one attached hydrogen (secondary N) is 2. The largest absolute Gasteiger partial charge is 0.381 e. The Hall–Kier alpha value is -3.80. The molecule has 1 unspecified atom stereocenters. The number of hydrogen-bond donors (Lipinski definition) is 3. The molecule has 0 bridgehead atoms. The lowest BCUT2D eigenvalue weighted by Crippen LogP contribution is -2.28. The van der Waals surface area contributed by atoms with Gasteiger partial charge < -0.3 is 9.88 Å². The molecular weight excluding hydrogens is 557 g/mol. The van der Waals surface area contributed by atoms with Crippen LogP contribution in [0.25, 0.3) is 22.4 Å². The molecule has 0 aliphatic carbocycles. The van der Waals surface area contributed by atoms with Crippen LogP contribution in [-0.2, 0) is 11.8 Å². The zero-order valence-corrected chi connectivity index (χ0v) is 28.2. The van der Waals surface area contributed by atoms with E-state index in [9.17, 15) is 0 Å². The first kappa shape index (κ1) is 33.1. The third-order valence-electron chi connectivity index (χ3n) is 7.96. The number of benzene rings is 3. The summed E-state index contributed by atoms with van der Waals surface area (Å²) in [6.45, 7) is 16.0. The summed E-state index contributed by atoms with van der Waals surface area (Å²) in [6.07, 6.45) is 12.4. The van der Waals surface area contributed by atoms with Crippen LogP contribution in [0.2, 0.25) is 0 Å². The van der Waals surface area contributed by atoms with Gasteiger partial charge in [-0.15, -0.1) is 0 Å². The summed E-state index contributed by atoms with van der Waals surface area (Å²) in [7, 11) is 0. The van der Waals surface area contributed by atoms with Crippen molar-refractivity contribution in [2.75, 3.05) is 11.9 Å². The fourth-order valence-corrected chi connectivity index (χ4v) is 5.36. The molecule has 5 heteroatoms. The molecule has 0 aliphatic rings. The summed E-state index contributed by atoms with van der Waals surface area (Å²) in [6, 6.07) is 26.8. The molecule has 0 amide bonds. The minimum Gasteiger partial charge on any atom is -0.381 e. The molecule has 4 rings (SSSR count). The Kier molecular flexibility index (Phi) is 11.5. The van der Waals surface area contributed by atoms with Gasteiger partial charge in [-0.1, -0.05) is 119 Å². The van der Waals surface area contributed by atoms with Gasteiger partial charge in [-0.25, -0.2) is 4.98 Å². The van der Waals surface area contributed by atoms with Crippen LogP contribution in [0.3, 0.4) is 0 Å². The molecule has 0 fully saturated rings. The zero-order chi connectivity index (χ0) is 31.7. The maximum atomic E-state index is 5.14. The topological polar surface area (TPSA) is 41.9 Å². The van der Waals surface area contributed by atoms with E-state index in [1.165, 1.54) is 27.8 Å². The smallest absolute Gasteiger partial charge is 0.118 e. The Morgan fingerprint density at radius 2 is 1.55 bits per heavy atom. The van der Waals surface area contributed by atoms with E-state index in [1.807, 2.05) is 6.92 Å². The summed E-state index contributed by atoms with van der Waals surface area (Å²) in [4.78, 5) is 5.14. The number of allylic oxidation sites excluding steroid dienone is 6. The SMILES string of the molecule is C/C=C/C(C)=C\C=C(/C)c1cn(-c2ccc(NC(CC)CNS)cc2)c(Cc2ccc(-c3ccc(C(C)(C)C)cc3)cc2)n1. The maximum absolute atomic E-state index is 5.14. The van der Waals surface area contributed by atoms with Crippen molar-refractivity contribution in [3.05, 3.63) is 132 Å². The molecule has 44 heavy (non-hydrogen) atoms. The Morgan fingerprint density at radius 1 is 0.909 bits per heavy atom. The number of nitrogens with zero attached hydrogens (tertiary/aromatic N) is 2. The molecule has 230 valence electrons. The van der Waals surface area contributed by atoms with Crippen molar-refractivity contribution in [1.29, 1.82) is 0 Å². The second-order valence-corrected chi connectivity index (χ2v) is 12.8. The molecule has 1 atom stereocenters. The highest BCUT2D eigenvalue weighted by Gasteiger charge is 2.15. The predicted octanol–water partition coefficient (Wildman–Crippen LogP) is 9.98. The van der Waals surface area contributed by atoms with E-state index in [0.29, 0.717) is 6.04 Å². The van der Waals surface area contributed by atoms with Gasteiger partial charge in [-0.2, -0.15) is 0 Å². The van der Waals surface area contributed by atoms with Crippen molar-refractivity contribution < 1.29 is 0 Å². The molecule has 0 aliphatic heterocycles. The second-order valence-electron chi connectivity index (χ2n) is 12.5. The van der Waals surface area contributed by atoms with Crippen LogP contribution in [0.1, 0.15) is 77.5 Å². The minimum absolute atomic E-state index is 0.150. The van der Waals surface area contributed by atoms with Crippen molar-refractivity contribution in [2.24, 2.45) is 0 Å². The lowest BCUT2D eigenvalue weighted by molar-refractivity contribution is 0.590. The van der Waals surface area contributed by atoms with E-state index in [2.05, 4.69) is 172 Å². The Bertz CT molecular complexity index is 1580. The van der Waals surface area contributed by atoms with Crippen LogP contribution in [0.15, 0.2) is 109 Å². The van der Waals surface area contributed by atoms with Crippen LogP contribution in [0.4, 0.5) is 5.69 Å². The van der Waals surface area contributed by atoms with Crippen LogP contribution in [0.5, 0.6) is 0 Å².